The van der Waals surface area contributed by atoms with Crippen molar-refractivity contribution in [2.75, 3.05) is 6.61 Å². The van der Waals surface area contributed by atoms with Gasteiger partial charge in [0.05, 0.1) is 18.4 Å². The standard InChI is InChI=1S/C15H14N2O4/c1-3-11-6-5-7-12(15(18)20-4-2)13(11)10-21-14-8-9-17(19)16-14/h1,5-9,19H,4,10H2,2H3. The van der Waals surface area contributed by atoms with Crippen LogP contribution < -0.4 is 4.74 Å². The molecule has 0 saturated heterocycles. The van der Waals surface area contributed by atoms with E-state index in [1.807, 2.05) is 0 Å². The zero-order valence-corrected chi connectivity index (χ0v) is 11.4. The van der Waals surface area contributed by atoms with Crippen LogP contribution in [-0.4, -0.2) is 27.7 Å². The van der Waals surface area contributed by atoms with Crippen LogP contribution in [-0.2, 0) is 11.3 Å². The molecule has 21 heavy (non-hydrogen) atoms. The SMILES string of the molecule is C#Cc1cccc(C(=O)OCC)c1COc1ccn(O)n1. The molecular formula is C15H14N2O4. The fourth-order valence-electron chi connectivity index (χ4n) is 1.80. The van der Waals surface area contributed by atoms with E-state index in [4.69, 9.17) is 21.1 Å². The molecule has 1 N–H and O–H groups in total. The van der Waals surface area contributed by atoms with Crippen molar-refractivity contribution < 1.29 is 19.5 Å². The lowest BCUT2D eigenvalue weighted by Crippen LogP contribution is -2.11. The van der Waals surface area contributed by atoms with E-state index >= 15 is 0 Å². The molecule has 0 amide bonds. The fourth-order valence-corrected chi connectivity index (χ4v) is 1.80. The molecular weight excluding hydrogens is 272 g/mol. The Morgan fingerprint density at radius 3 is 2.90 bits per heavy atom. The Labute approximate surface area is 121 Å². The average molecular weight is 286 g/mol. The van der Waals surface area contributed by atoms with E-state index < -0.39 is 5.97 Å². The summed E-state index contributed by atoms with van der Waals surface area (Å²) in [6.45, 7) is 2.05. The first-order chi connectivity index (χ1) is 10.2. The van der Waals surface area contributed by atoms with E-state index in [0.717, 1.165) is 0 Å². The van der Waals surface area contributed by atoms with Crippen molar-refractivity contribution in [1.29, 1.82) is 0 Å². The lowest BCUT2D eigenvalue weighted by molar-refractivity contribution is 0.0523. The zero-order chi connectivity index (χ0) is 15.2. The van der Waals surface area contributed by atoms with Gasteiger partial charge in [0, 0.05) is 17.2 Å². The number of esters is 1. The normalized spacial score (nSPS) is 9.90. The van der Waals surface area contributed by atoms with Crippen molar-refractivity contribution in [3.8, 4) is 18.2 Å². The summed E-state index contributed by atoms with van der Waals surface area (Å²) in [6.07, 6.45) is 6.78. The second kappa shape index (κ2) is 6.48. The number of carbonyl (C=O) groups excluding carboxylic acids is 1. The van der Waals surface area contributed by atoms with Crippen LogP contribution in [0.25, 0.3) is 0 Å². The Morgan fingerprint density at radius 1 is 1.48 bits per heavy atom. The number of hydrogen-bond acceptors (Lipinski definition) is 5. The smallest absolute Gasteiger partial charge is 0.338 e. The minimum Gasteiger partial charge on any atom is -0.472 e. The van der Waals surface area contributed by atoms with Crippen LogP contribution in [0.15, 0.2) is 30.5 Å². The number of hydrogen-bond donors (Lipinski definition) is 1. The molecule has 0 aliphatic carbocycles. The number of carbonyl (C=O) groups is 1. The molecule has 2 rings (SSSR count). The summed E-state index contributed by atoms with van der Waals surface area (Å²) < 4.78 is 10.4. The number of terminal acetylenes is 1. The molecule has 0 spiro atoms. The Morgan fingerprint density at radius 2 is 2.29 bits per heavy atom. The van der Waals surface area contributed by atoms with Gasteiger partial charge < -0.3 is 14.7 Å². The van der Waals surface area contributed by atoms with Gasteiger partial charge in [-0.05, 0) is 19.1 Å². The largest absolute Gasteiger partial charge is 0.472 e. The lowest BCUT2D eigenvalue weighted by Gasteiger charge is -2.11. The van der Waals surface area contributed by atoms with Gasteiger partial charge in [-0.2, -0.15) is 0 Å². The molecule has 2 aromatic rings. The van der Waals surface area contributed by atoms with Crippen LogP contribution in [0, 0.1) is 12.3 Å². The Hall–Kier alpha value is -2.94. The molecule has 0 aliphatic heterocycles. The van der Waals surface area contributed by atoms with E-state index in [1.165, 1.54) is 12.3 Å². The van der Waals surface area contributed by atoms with Gasteiger partial charge in [0.25, 0.3) is 0 Å². The van der Waals surface area contributed by atoms with Crippen LogP contribution in [0.5, 0.6) is 5.88 Å². The van der Waals surface area contributed by atoms with Gasteiger partial charge >= 0.3 is 5.97 Å². The number of benzene rings is 1. The summed E-state index contributed by atoms with van der Waals surface area (Å²) in [7, 11) is 0. The third-order valence-corrected chi connectivity index (χ3v) is 2.74. The highest BCUT2D eigenvalue weighted by Crippen LogP contribution is 2.18. The van der Waals surface area contributed by atoms with Crippen molar-refractivity contribution in [2.45, 2.75) is 13.5 Å². The van der Waals surface area contributed by atoms with Crippen molar-refractivity contribution in [1.82, 2.24) is 9.94 Å². The molecule has 6 nitrogen and oxygen atoms in total. The minimum absolute atomic E-state index is 0.0472. The Balaban J connectivity index is 2.27. The van der Waals surface area contributed by atoms with E-state index in [1.54, 1.807) is 25.1 Å². The number of nitrogens with zero attached hydrogens (tertiary/aromatic N) is 2. The molecule has 0 unspecified atom stereocenters. The summed E-state index contributed by atoms with van der Waals surface area (Å²) in [5, 5.41) is 12.8. The molecule has 0 fully saturated rings. The first-order valence-corrected chi connectivity index (χ1v) is 6.29. The van der Waals surface area contributed by atoms with E-state index in [9.17, 15) is 4.79 Å². The topological polar surface area (TPSA) is 73.6 Å². The molecule has 0 atom stereocenters. The van der Waals surface area contributed by atoms with Crippen LogP contribution in [0.3, 0.4) is 0 Å². The van der Waals surface area contributed by atoms with Gasteiger partial charge in [-0.15, -0.1) is 11.3 Å². The summed E-state index contributed by atoms with van der Waals surface area (Å²) in [4.78, 5) is 12.6. The second-order valence-electron chi connectivity index (χ2n) is 4.06. The van der Waals surface area contributed by atoms with Gasteiger partial charge in [0.2, 0.25) is 5.88 Å². The van der Waals surface area contributed by atoms with Crippen LogP contribution in [0.1, 0.15) is 28.4 Å². The lowest BCUT2D eigenvalue weighted by atomic mass is 10.0. The molecule has 0 bridgehead atoms. The van der Waals surface area contributed by atoms with Crippen molar-refractivity contribution in [2.24, 2.45) is 0 Å². The Kier molecular flexibility index (Phi) is 4.46. The quantitative estimate of drug-likeness (QED) is 0.516. The van der Waals surface area contributed by atoms with Crippen molar-refractivity contribution in [3.05, 3.63) is 47.2 Å². The predicted molar refractivity (Wildman–Crippen MR) is 74.1 cm³/mol. The van der Waals surface area contributed by atoms with Crippen LogP contribution in [0.4, 0.5) is 0 Å². The van der Waals surface area contributed by atoms with E-state index in [-0.39, 0.29) is 19.1 Å². The molecule has 0 saturated carbocycles. The second-order valence-corrected chi connectivity index (χ2v) is 4.06. The summed E-state index contributed by atoms with van der Waals surface area (Å²) in [5.41, 5.74) is 1.45. The molecule has 1 heterocycles. The molecule has 1 aromatic heterocycles. The minimum atomic E-state index is -0.458. The fraction of sp³-hybridized carbons (Fsp3) is 0.200. The van der Waals surface area contributed by atoms with Crippen LogP contribution in [0.2, 0.25) is 0 Å². The van der Waals surface area contributed by atoms with Crippen molar-refractivity contribution in [3.63, 3.8) is 0 Å². The van der Waals surface area contributed by atoms with Crippen molar-refractivity contribution >= 4 is 5.97 Å². The molecule has 6 heteroatoms. The number of rotatable bonds is 5. The maximum absolute atomic E-state index is 11.9. The summed E-state index contributed by atoms with van der Waals surface area (Å²) in [6, 6.07) is 6.52. The van der Waals surface area contributed by atoms with E-state index in [0.29, 0.717) is 21.5 Å². The van der Waals surface area contributed by atoms with Gasteiger partial charge in [0.1, 0.15) is 6.61 Å². The van der Waals surface area contributed by atoms with Gasteiger partial charge in [-0.3, -0.25) is 0 Å². The molecule has 0 aliphatic rings. The van der Waals surface area contributed by atoms with E-state index in [2.05, 4.69) is 11.0 Å². The zero-order valence-electron chi connectivity index (χ0n) is 11.4. The highest BCUT2D eigenvalue weighted by atomic mass is 16.5. The molecule has 108 valence electrons. The Bertz CT molecular complexity index is 685. The van der Waals surface area contributed by atoms with Gasteiger partial charge in [-0.25, -0.2) is 4.79 Å². The predicted octanol–water partition coefficient (Wildman–Crippen LogP) is 1.86. The summed E-state index contributed by atoms with van der Waals surface area (Å²) >= 11 is 0. The average Bonchev–Trinajstić information content (AvgIpc) is 2.90. The highest BCUT2D eigenvalue weighted by molar-refractivity contribution is 5.91. The number of ether oxygens (including phenoxy) is 2. The maximum atomic E-state index is 11.9. The highest BCUT2D eigenvalue weighted by Gasteiger charge is 2.16. The summed E-state index contributed by atoms with van der Waals surface area (Å²) in [5.74, 6) is 2.28. The van der Waals surface area contributed by atoms with Gasteiger partial charge in [-0.1, -0.05) is 17.1 Å². The van der Waals surface area contributed by atoms with Crippen LogP contribution >= 0.6 is 0 Å². The monoisotopic (exact) mass is 286 g/mol. The van der Waals surface area contributed by atoms with Gasteiger partial charge in [0.15, 0.2) is 0 Å². The molecule has 0 radical (unpaired) electrons. The third-order valence-electron chi connectivity index (χ3n) is 2.74. The first kappa shape index (κ1) is 14.5. The molecule has 1 aromatic carbocycles. The number of aromatic nitrogens is 2. The third kappa shape index (κ3) is 3.34. The first-order valence-electron chi connectivity index (χ1n) is 6.29. The maximum Gasteiger partial charge on any atom is 0.338 e.